The van der Waals surface area contributed by atoms with Gasteiger partial charge in [-0.25, -0.2) is 0 Å². The first kappa shape index (κ1) is 21.0. The normalized spacial score (nSPS) is 12.2. The quantitative estimate of drug-likeness (QED) is 0.237. The van der Waals surface area contributed by atoms with Crippen LogP contribution in [0.25, 0.3) is 49.7 Å². The summed E-state index contributed by atoms with van der Waals surface area (Å²) in [5.74, 6) is 0. The van der Waals surface area contributed by atoms with Gasteiger partial charge in [-0.05, 0) is 53.2 Å². The monoisotopic (exact) mass is 484 g/mol. The van der Waals surface area contributed by atoms with Gasteiger partial charge in [0.2, 0.25) is 0 Å². The molecule has 0 saturated heterocycles. The van der Waals surface area contributed by atoms with E-state index in [-0.39, 0.29) is 0 Å². The van der Waals surface area contributed by atoms with Crippen LogP contribution in [0, 0.1) is 0 Å². The second kappa shape index (κ2) is 8.22. The zero-order valence-electron chi connectivity index (χ0n) is 20.8. The van der Waals surface area contributed by atoms with Gasteiger partial charge in [-0.2, -0.15) is 0 Å². The average Bonchev–Trinajstić information content (AvgIpc) is 3.28. The van der Waals surface area contributed by atoms with E-state index >= 15 is 0 Å². The van der Waals surface area contributed by atoms with Gasteiger partial charge < -0.3 is 9.47 Å². The molecule has 0 amide bonds. The fourth-order valence-electron chi connectivity index (χ4n) is 6.16. The smallest absolute Gasteiger partial charge is 0.0641 e. The lowest BCUT2D eigenvalue weighted by atomic mass is 9.95. The molecule has 0 unspecified atom stereocenters. The summed E-state index contributed by atoms with van der Waals surface area (Å²) < 4.78 is 2.46. The van der Waals surface area contributed by atoms with E-state index in [9.17, 15) is 0 Å². The first-order valence-corrected chi connectivity index (χ1v) is 13.1. The summed E-state index contributed by atoms with van der Waals surface area (Å²) in [4.78, 5) is 2.41. The van der Waals surface area contributed by atoms with Gasteiger partial charge in [-0.3, -0.25) is 0 Å². The molecule has 8 rings (SSSR count). The molecule has 7 aromatic rings. The van der Waals surface area contributed by atoms with Crippen molar-refractivity contribution in [3.63, 3.8) is 0 Å². The van der Waals surface area contributed by atoms with Crippen molar-refractivity contribution in [2.45, 2.75) is 0 Å². The van der Waals surface area contributed by atoms with E-state index in [0.717, 1.165) is 11.4 Å². The van der Waals surface area contributed by atoms with Crippen molar-refractivity contribution >= 4 is 38.7 Å². The van der Waals surface area contributed by atoms with Crippen LogP contribution in [0.2, 0.25) is 0 Å². The van der Waals surface area contributed by atoms with Gasteiger partial charge in [0.05, 0.1) is 22.6 Å². The maximum Gasteiger partial charge on any atom is 0.0641 e. The number of benzene rings is 6. The molecule has 0 radical (unpaired) electrons. The molecule has 0 bridgehead atoms. The van der Waals surface area contributed by atoms with Gasteiger partial charge in [-0.1, -0.05) is 103 Å². The largest absolute Gasteiger partial charge is 0.309 e. The van der Waals surface area contributed by atoms with E-state index < -0.39 is 0 Å². The van der Waals surface area contributed by atoms with Gasteiger partial charge in [0.15, 0.2) is 0 Å². The molecule has 0 saturated carbocycles. The highest BCUT2D eigenvalue weighted by atomic mass is 15.2. The van der Waals surface area contributed by atoms with E-state index in [4.69, 9.17) is 0 Å². The Kier molecular flexibility index (Phi) is 4.55. The second-order valence-electron chi connectivity index (χ2n) is 9.78. The predicted octanol–water partition coefficient (Wildman–Crippen LogP) is 9.90. The molecule has 0 spiro atoms. The highest BCUT2D eigenvalue weighted by Crippen LogP contribution is 2.55. The molecule has 0 atom stereocenters. The maximum absolute atomic E-state index is 2.46. The second-order valence-corrected chi connectivity index (χ2v) is 9.78. The van der Waals surface area contributed by atoms with Crippen molar-refractivity contribution < 1.29 is 0 Å². The molecule has 178 valence electrons. The van der Waals surface area contributed by atoms with E-state index in [1.165, 1.54) is 55.4 Å². The Morgan fingerprint density at radius 1 is 0.421 bits per heavy atom. The number of nitrogens with zero attached hydrogens (tertiary/aromatic N) is 2. The third-order valence-electron chi connectivity index (χ3n) is 7.70. The number of rotatable bonds is 2. The Hall–Kier alpha value is -5.08. The molecule has 1 aliphatic heterocycles. The van der Waals surface area contributed by atoms with Gasteiger partial charge in [0.1, 0.15) is 0 Å². The SMILES string of the molecule is c1ccc(N2c3ccccc3-c3c(n(-c4ccccc4)c4ccc5ccccc5c34)-c3ccccc32)cc1. The highest BCUT2D eigenvalue weighted by Gasteiger charge is 2.31. The Balaban J connectivity index is 1.63. The lowest BCUT2D eigenvalue weighted by Crippen LogP contribution is -2.11. The first-order valence-electron chi connectivity index (χ1n) is 13.1. The van der Waals surface area contributed by atoms with E-state index in [1.54, 1.807) is 0 Å². The van der Waals surface area contributed by atoms with E-state index in [0.29, 0.717) is 0 Å². The van der Waals surface area contributed by atoms with Crippen molar-refractivity contribution in [1.82, 2.24) is 4.57 Å². The summed E-state index contributed by atoms with van der Waals surface area (Å²) in [5, 5.41) is 3.82. The third-order valence-corrected chi connectivity index (χ3v) is 7.70. The molecule has 0 N–H and O–H groups in total. The third kappa shape index (κ3) is 2.95. The highest BCUT2D eigenvalue weighted by molar-refractivity contribution is 6.21. The van der Waals surface area contributed by atoms with Crippen molar-refractivity contribution in [2.75, 3.05) is 4.90 Å². The minimum atomic E-state index is 1.15. The maximum atomic E-state index is 2.46. The Morgan fingerprint density at radius 3 is 1.76 bits per heavy atom. The predicted molar refractivity (Wildman–Crippen MR) is 160 cm³/mol. The number of para-hydroxylation sites is 4. The molecule has 0 fully saturated rings. The molecule has 38 heavy (non-hydrogen) atoms. The van der Waals surface area contributed by atoms with Crippen molar-refractivity contribution in [2.24, 2.45) is 0 Å². The zero-order chi connectivity index (χ0) is 25.1. The summed E-state index contributed by atoms with van der Waals surface area (Å²) in [5.41, 5.74) is 10.8. The van der Waals surface area contributed by atoms with Crippen LogP contribution in [-0.4, -0.2) is 4.57 Å². The van der Waals surface area contributed by atoms with Crippen LogP contribution in [0.3, 0.4) is 0 Å². The van der Waals surface area contributed by atoms with E-state index in [2.05, 4.69) is 155 Å². The van der Waals surface area contributed by atoms with Crippen molar-refractivity contribution in [3.8, 4) is 28.1 Å². The van der Waals surface area contributed by atoms with Gasteiger partial charge >= 0.3 is 0 Å². The summed E-state index contributed by atoms with van der Waals surface area (Å²) in [6.45, 7) is 0. The molecule has 2 heteroatoms. The minimum absolute atomic E-state index is 1.15. The van der Waals surface area contributed by atoms with Crippen molar-refractivity contribution in [3.05, 3.63) is 146 Å². The summed E-state index contributed by atoms with van der Waals surface area (Å²) in [6, 6.07) is 52.5. The number of hydrogen-bond acceptors (Lipinski definition) is 1. The number of aromatic nitrogens is 1. The zero-order valence-corrected chi connectivity index (χ0v) is 20.8. The number of anilines is 3. The lowest BCUT2D eigenvalue weighted by molar-refractivity contribution is 1.13. The molecule has 2 nitrogen and oxygen atoms in total. The lowest BCUT2D eigenvalue weighted by Gasteiger charge is -2.27. The van der Waals surface area contributed by atoms with Crippen LogP contribution >= 0.6 is 0 Å². The molecular weight excluding hydrogens is 460 g/mol. The minimum Gasteiger partial charge on any atom is -0.309 e. The fourth-order valence-corrected chi connectivity index (χ4v) is 6.16. The topological polar surface area (TPSA) is 8.17 Å². The molecular formula is C36H24N2. The van der Waals surface area contributed by atoms with Gasteiger partial charge in [-0.15, -0.1) is 0 Å². The van der Waals surface area contributed by atoms with Gasteiger partial charge in [0, 0.05) is 33.5 Å². The van der Waals surface area contributed by atoms with Crippen LogP contribution in [0.15, 0.2) is 146 Å². The number of fused-ring (bicyclic) bond motifs is 9. The Labute approximate surface area is 221 Å². The molecule has 1 aliphatic rings. The fraction of sp³-hybridized carbons (Fsp3) is 0. The standard InChI is InChI=1S/C36H24N2/c1-3-14-26(15-4-1)37-31-21-11-9-19-29(31)35-34-28-18-8-7-13-25(28)23-24-33(34)38(27-16-5-2-6-17-27)36(35)30-20-10-12-22-32(30)37/h1-24H. The summed E-state index contributed by atoms with van der Waals surface area (Å²) in [7, 11) is 0. The van der Waals surface area contributed by atoms with E-state index in [1.807, 2.05) is 0 Å². The molecule has 0 aliphatic carbocycles. The van der Waals surface area contributed by atoms with Gasteiger partial charge in [0.25, 0.3) is 0 Å². The van der Waals surface area contributed by atoms with Crippen molar-refractivity contribution in [1.29, 1.82) is 0 Å². The van der Waals surface area contributed by atoms with Crippen LogP contribution in [0.1, 0.15) is 0 Å². The summed E-state index contributed by atoms with van der Waals surface area (Å²) >= 11 is 0. The molecule has 6 aromatic carbocycles. The number of hydrogen-bond donors (Lipinski definition) is 0. The van der Waals surface area contributed by atoms with Crippen LogP contribution < -0.4 is 4.90 Å². The first-order chi connectivity index (χ1) is 18.9. The van der Waals surface area contributed by atoms with Crippen LogP contribution in [0.5, 0.6) is 0 Å². The Bertz CT molecular complexity index is 1970. The molecule has 2 heterocycles. The Morgan fingerprint density at radius 2 is 1.00 bits per heavy atom. The molecule has 1 aromatic heterocycles. The van der Waals surface area contributed by atoms with Crippen LogP contribution in [-0.2, 0) is 0 Å². The van der Waals surface area contributed by atoms with Crippen LogP contribution in [0.4, 0.5) is 17.1 Å². The summed E-state index contributed by atoms with van der Waals surface area (Å²) in [6.07, 6.45) is 0. The average molecular weight is 485 g/mol.